The van der Waals surface area contributed by atoms with Gasteiger partial charge in [-0.2, -0.15) is 10.5 Å². The summed E-state index contributed by atoms with van der Waals surface area (Å²) >= 11 is 6.98. The highest BCUT2D eigenvalue weighted by Gasteiger charge is 2.40. The first kappa shape index (κ1) is 77.3. The van der Waals surface area contributed by atoms with E-state index < -0.39 is 17.4 Å². The van der Waals surface area contributed by atoms with Crippen LogP contribution in [0.2, 0.25) is 0 Å². The summed E-state index contributed by atoms with van der Waals surface area (Å²) in [5.74, 6) is -2.32. The average Bonchev–Trinajstić information content (AvgIpc) is 1.33. The molecule has 14 rings (SSSR count). The van der Waals surface area contributed by atoms with Crippen LogP contribution in [0.5, 0.6) is 0 Å². The molecule has 2 aliphatic rings. The van der Waals surface area contributed by atoms with Gasteiger partial charge in [0.05, 0.1) is 11.8 Å². The van der Waals surface area contributed by atoms with Gasteiger partial charge in [-0.1, -0.05) is 248 Å². The summed E-state index contributed by atoms with van der Waals surface area (Å²) in [5, 5.41) is 45.5. The highest BCUT2D eigenvalue weighted by molar-refractivity contribution is 7.25. The number of carboxylic acid groups (broad SMARTS) is 2. The zero-order valence-electron chi connectivity index (χ0n) is 65.4. The van der Waals surface area contributed by atoms with Crippen molar-refractivity contribution in [3.63, 3.8) is 0 Å². The highest BCUT2D eigenvalue weighted by Crippen LogP contribution is 2.58. The molecule has 2 aliphatic carbocycles. The van der Waals surface area contributed by atoms with Gasteiger partial charge in [-0.25, -0.2) is 4.79 Å². The van der Waals surface area contributed by atoms with Crippen LogP contribution in [0.25, 0.3) is 101 Å². The Balaban J connectivity index is 1.06. The molecular formula is C99H101N3O4S4. The lowest BCUT2D eigenvalue weighted by molar-refractivity contribution is -0.144. The lowest BCUT2D eigenvalue weighted by Gasteiger charge is -2.32. The van der Waals surface area contributed by atoms with Crippen molar-refractivity contribution < 1.29 is 19.8 Å². The third kappa shape index (κ3) is 15.2. The lowest BCUT2D eigenvalue weighted by Crippen LogP contribution is -2.27. The Kier molecular flexibility index (Phi) is 23.3. The van der Waals surface area contributed by atoms with Crippen molar-refractivity contribution in [2.75, 3.05) is 4.90 Å². The fourth-order valence-electron chi connectivity index (χ4n) is 17.3. The number of rotatable bonds is 33. The Bertz CT molecular complexity index is 5460. The third-order valence-electron chi connectivity index (χ3n) is 23.4. The molecule has 12 aromatic rings. The molecule has 0 fully saturated rings. The summed E-state index contributed by atoms with van der Waals surface area (Å²) in [5.41, 5.74) is 20.8. The van der Waals surface area contributed by atoms with E-state index in [-0.39, 0.29) is 22.8 Å². The standard InChI is InChI=1S/C99H101N3O4S4/c1-10-14-18-23-35-64-51-73(53-70(61-100)95(103)104)107-93(64)87-56-66(37-25-20-16-12-3)91(109-87)68-43-47-79-81(54-68)89(63-33-27-22-28-34-63)82-55-69(92-67(38-26-21-17-13-4)57-88(110-92)94-65(36-24-19-15-11-2)52-74(108-94)60-99(9,62-101)96(105)106)44-48-80(82)90(79)102(71-45-49-77-75-39-29-31-41-83(75)97(5,6)85(77)58-71)72-46-50-78-76-40-30-32-42-84(76)98(7,8)86(78)59-72/h22,27-34,39-59H,10-21,23-26,35-38,60H2,1-9H3,(H,103,104)(H,105,106)/b70-53+. The van der Waals surface area contributed by atoms with E-state index in [4.69, 9.17) is 0 Å². The van der Waals surface area contributed by atoms with Crippen LogP contribution in [0.3, 0.4) is 0 Å². The minimum absolute atomic E-state index is 0.145. The summed E-state index contributed by atoms with van der Waals surface area (Å²) in [6, 6.07) is 71.5. The topological polar surface area (TPSA) is 125 Å². The Morgan fingerprint density at radius 2 is 0.882 bits per heavy atom. The maximum atomic E-state index is 12.8. The molecular weight excluding hydrogens is 1420 g/mol. The number of nitriles is 2. The summed E-state index contributed by atoms with van der Waals surface area (Å²) in [6.45, 7) is 20.1. The summed E-state index contributed by atoms with van der Waals surface area (Å²) in [6.07, 6.45) is 23.1. The molecule has 0 saturated carbocycles. The van der Waals surface area contributed by atoms with E-state index in [1.165, 1.54) is 91.1 Å². The van der Waals surface area contributed by atoms with E-state index in [1.54, 1.807) is 35.7 Å². The number of aliphatic carboxylic acids is 2. The number of anilines is 3. The Hall–Kier alpha value is -9.46. The van der Waals surface area contributed by atoms with Gasteiger partial charge in [0.2, 0.25) is 0 Å². The van der Waals surface area contributed by atoms with Crippen molar-refractivity contribution in [2.24, 2.45) is 5.41 Å². The molecule has 110 heavy (non-hydrogen) atoms. The van der Waals surface area contributed by atoms with Crippen LogP contribution in [-0.4, -0.2) is 22.2 Å². The maximum absolute atomic E-state index is 12.8. The molecule has 2 N–H and O–H groups in total. The number of nitrogens with zero attached hydrogens (tertiary/aromatic N) is 3. The molecule has 1 atom stereocenters. The maximum Gasteiger partial charge on any atom is 0.346 e. The monoisotopic (exact) mass is 1520 g/mol. The molecule has 4 aromatic heterocycles. The predicted octanol–water partition coefficient (Wildman–Crippen LogP) is 29.3. The first-order valence-corrected chi connectivity index (χ1v) is 43.5. The number of aryl methyl sites for hydroxylation is 4. The summed E-state index contributed by atoms with van der Waals surface area (Å²) < 4.78 is 0. The molecule has 0 amide bonds. The number of thiophene rings is 4. The van der Waals surface area contributed by atoms with Gasteiger partial charge in [0, 0.05) is 78.4 Å². The number of carbonyl (C=O) groups is 2. The van der Waals surface area contributed by atoms with Crippen molar-refractivity contribution in [3.05, 3.63) is 236 Å². The zero-order chi connectivity index (χ0) is 77.0. The number of benzene rings is 8. The van der Waals surface area contributed by atoms with Gasteiger partial charge in [-0.3, -0.25) is 4.79 Å². The molecule has 11 heteroatoms. The second kappa shape index (κ2) is 33.2. The number of unbranched alkanes of at least 4 members (excludes halogenated alkanes) is 12. The summed E-state index contributed by atoms with van der Waals surface area (Å²) in [7, 11) is 0. The van der Waals surface area contributed by atoms with Crippen LogP contribution >= 0.6 is 45.3 Å². The average molecular weight is 1530 g/mol. The predicted molar refractivity (Wildman–Crippen MR) is 468 cm³/mol. The summed E-state index contributed by atoms with van der Waals surface area (Å²) in [4.78, 5) is 36.6. The fourth-order valence-corrected chi connectivity index (χ4v) is 22.5. The first-order chi connectivity index (χ1) is 53.3. The number of hydrogen-bond donors (Lipinski definition) is 2. The van der Waals surface area contributed by atoms with Gasteiger partial charge >= 0.3 is 11.9 Å². The minimum atomic E-state index is -1.55. The van der Waals surface area contributed by atoms with E-state index in [2.05, 4.69) is 242 Å². The number of hydrogen-bond acceptors (Lipinski definition) is 9. The van der Waals surface area contributed by atoms with E-state index >= 15 is 0 Å². The second-order valence-electron chi connectivity index (χ2n) is 31.9. The van der Waals surface area contributed by atoms with Crippen molar-refractivity contribution in [1.29, 1.82) is 10.5 Å². The first-order valence-electron chi connectivity index (χ1n) is 40.2. The lowest BCUT2D eigenvalue weighted by atomic mass is 9.82. The van der Waals surface area contributed by atoms with Gasteiger partial charge < -0.3 is 15.1 Å². The normalized spacial score (nSPS) is 13.8. The zero-order valence-corrected chi connectivity index (χ0v) is 68.6. The number of fused-ring (bicyclic) bond motifs is 8. The van der Waals surface area contributed by atoms with Crippen LogP contribution in [0.1, 0.15) is 219 Å². The van der Waals surface area contributed by atoms with Gasteiger partial charge in [0.1, 0.15) is 11.6 Å². The Morgan fingerprint density at radius 3 is 1.33 bits per heavy atom. The molecule has 8 aromatic carbocycles. The van der Waals surface area contributed by atoms with Crippen LogP contribution in [-0.2, 0) is 52.5 Å². The van der Waals surface area contributed by atoms with E-state index in [0.29, 0.717) is 0 Å². The molecule has 0 aliphatic heterocycles. The third-order valence-corrected chi connectivity index (χ3v) is 28.5. The van der Waals surface area contributed by atoms with Crippen LogP contribution < -0.4 is 4.90 Å². The Labute approximate surface area is 667 Å². The van der Waals surface area contributed by atoms with Crippen molar-refractivity contribution in [2.45, 2.75) is 208 Å². The van der Waals surface area contributed by atoms with E-state index in [0.717, 1.165) is 204 Å². The van der Waals surface area contributed by atoms with Crippen molar-refractivity contribution in [3.8, 4) is 85.9 Å². The molecule has 0 bridgehead atoms. The minimum Gasteiger partial charge on any atom is -0.480 e. The van der Waals surface area contributed by atoms with Gasteiger partial charge in [-0.15, -0.1) is 45.3 Å². The van der Waals surface area contributed by atoms with Crippen LogP contribution in [0, 0.1) is 28.1 Å². The molecule has 4 heterocycles. The largest absolute Gasteiger partial charge is 0.480 e. The molecule has 0 radical (unpaired) electrons. The Morgan fingerprint density at radius 1 is 0.445 bits per heavy atom. The smallest absolute Gasteiger partial charge is 0.346 e. The van der Waals surface area contributed by atoms with E-state index in [9.17, 15) is 30.3 Å². The van der Waals surface area contributed by atoms with Crippen molar-refractivity contribution >= 4 is 102 Å². The fraction of sp³-hybridized carbons (Fsp3) is 0.333. The quantitative estimate of drug-likeness (QED) is 0.0182. The molecule has 7 nitrogen and oxygen atoms in total. The molecule has 560 valence electrons. The van der Waals surface area contributed by atoms with E-state index in [1.807, 2.05) is 28.7 Å². The van der Waals surface area contributed by atoms with Crippen molar-refractivity contribution in [1.82, 2.24) is 0 Å². The number of carboxylic acids is 2. The van der Waals surface area contributed by atoms with Gasteiger partial charge in [0.15, 0.2) is 5.41 Å². The van der Waals surface area contributed by atoms with Gasteiger partial charge in [-0.05, 0) is 225 Å². The molecule has 0 saturated heterocycles. The van der Waals surface area contributed by atoms with Gasteiger partial charge in [0.25, 0.3) is 0 Å². The molecule has 1 unspecified atom stereocenters. The second-order valence-corrected chi connectivity index (χ2v) is 36.2. The SMILES string of the molecule is CCCCCCc1cc(-c2sc(/C=C(\C#N)C(=O)O)cc2CCCCCC)sc1-c1ccc2c(N(c3ccc4c(c3)C(C)(C)c3ccccc3-4)c3ccc4c(c3)C(C)(C)c3ccccc3-4)c3ccc(-c4sc(-c5sc(CC(C)(C#N)C(=O)O)cc5CCCCCC)cc4CCCCCC)cc3c(-c3ccccc3)c2c1. The van der Waals surface area contributed by atoms with Crippen LogP contribution in [0.4, 0.5) is 17.1 Å². The van der Waals surface area contributed by atoms with Crippen LogP contribution in [0.15, 0.2) is 181 Å². The molecule has 0 spiro atoms. The highest BCUT2D eigenvalue weighted by atomic mass is 32.1.